The van der Waals surface area contributed by atoms with Gasteiger partial charge in [-0.1, -0.05) is 36.4 Å². The molecule has 3 heteroatoms. The topological polar surface area (TPSA) is 17.1 Å². The molecule has 0 radical (unpaired) electrons. The van der Waals surface area contributed by atoms with Crippen molar-refractivity contribution in [3.05, 3.63) is 116 Å². The number of fused-ring (bicyclic) bond motifs is 2. The Morgan fingerprint density at radius 1 is 0.600 bits per heavy atom. The van der Waals surface area contributed by atoms with Gasteiger partial charge in [0, 0.05) is 15.4 Å². The molecule has 0 bridgehead atoms. The van der Waals surface area contributed by atoms with E-state index in [-0.39, 0.29) is 0 Å². The van der Waals surface area contributed by atoms with Gasteiger partial charge in [0.15, 0.2) is 0 Å². The largest absolute Gasteiger partial charge is 0.298 e. The number of benzene rings is 3. The predicted octanol–water partition coefficient (Wildman–Crippen LogP) is 7.53. The second kappa shape index (κ2) is 8.39. The van der Waals surface area contributed by atoms with Crippen LogP contribution in [-0.4, -0.2) is 6.29 Å². The highest BCUT2D eigenvalue weighted by atomic mass is 32.2. The summed E-state index contributed by atoms with van der Waals surface area (Å²) >= 11 is 0. The summed E-state index contributed by atoms with van der Waals surface area (Å²) < 4.78 is 0. The molecule has 3 aromatic carbocycles. The molecular formula is C27H22OS2. The van der Waals surface area contributed by atoms with Crippen LogP contribution in [0.3, 0.4) is 0 Å². The summed E-state index contributed by atoms with van der Waals surface area (Å²) in [6, 6.07) is 23.2. The van der Waals surface area contributed by atoms with E-state index in [1.165, 1.54) is 20.9 Å². The first-order valence-corrected chi connectivity index (χ1v) is 12.8. The van der Waals surface area contributed by atoms with E-state index in [9.17, 15) is 4.79 Å². The van der Waals surface area contributed by atoms with Crippen molar-refractivity contribution >= 4 is 52.4 Å². The van der Waals surface area contributed by atoms with Crippen LogP contribution in [0.15, 0.2) is 98.2 Å². The van der Waals surface area contributed by atoms with Crippen LogP contribution in [0.2, 0.25) is 0 Å². The fourth-order valence-electron chi connectivity index (χ4n) is 3.76. The Balaban J connectivity index is 1.39. The quantitative estimate of drug-likeness (QED) is 0.318. The molecule has 0 N–H and O–H groups in total. The van der Waals surface area contributed by atoms with Gasteiger partial charge in [-0.15, -0.1) is 0 Å². The van der Waals surface area contributed by atoms with Crippen molar-refractivity contribution in [3.8, 4) is 0 Å². The van der Waals surface area contributed by atoms with Crippen molar-refractivity contribution in [2.24, 2.45) is 0 Å². The molecule has 148 valence electrons. The zero-order valence-corrected chi connectivity index (χ0v) is 18.1. The Morgan fingerprint density at radius 3 is 1.57 bits per heavy atom. The molecule has 0 aliphatic carbocycles. The van der Waals surface area contributed by atoms with Crippen molar-refractivity contribution in [1.29, 1.82) is 0 Å². The molecule has 2 aliphatic rings. The fourth-order valence-corrected chi connectivity index (χ4v) is 7.32. The molecular weight excluding hydrogens is 404 g/mol. The summed E-state index contributed by atoms with van der Waals surface area (Å²) in [6.45, 7) is 0. The van der Waals surface area contributed by atoms with E-state index in [1.54, 1.807) is 0 Å². The fraction of sp³-hybridized carbons (Fsp3) is 0. The van der Waals surface area contributed by atoms with Gasteiger partial charge in [-0.3, -0.25) is 4.79 Å². The minimum Gasteiger partial charge on any atom is -0.298 e. The molecule has 0 fully saturated rings. The molecule has 0 aromatic heterocycles. The average Bonchev–Trinajstić information content (AvgIpc) is 3.40. The standard InChI is InChI=1S/C27H22OS2/c28-20-23-18-21(9-13-29-15-11-24-5-1-3-7-26(24)29)17-22(19-23)10-14-30-16-12-25-6-2-4-8-27(25)30/h1-20,29-30H. The molecule has 0 saturated carbocycles. The molecule has 2 aliphatic heterocycles. The minimum absolute atomic E-state index is 0.426. The molecule has 0 amide bonds. The Hall–Kier alpha value is -3.01. The van der Waals surface area contributed by atoms with Crippen LogP contribution < -0.4 is 0 Å². The van der Waals surface area contributed by atoms with Gasteiger partial charge in [-0.2, -0.15) is 21.8 Å². The molecule has 5 rings (SSSR count). The molecule has 3 aromatic rings. The average molecular weight is 427 g/mol. The molecule has 0 spiro atoms. The van der Waals surface area contributed by atoms with E-state index in [0.29, 0.717) is 5.56 Å². The van der Waals surface area contributed by atoms with Crippen LogP contribution in [0, 0.1) is 0 Å². The third-order valence-corrected chi connectivity index (χ3v) is 9.06. The third-order valence-electron chi connectivity index (χ3n) is 5.25. The summed E-state index contributed by atoms with van der Waals surface area (Å²) in [6.07, 6.45) is 9.64. The van der Waals surface area contributed by atoms with Gasteiger partial charge >= 0.3 is 0 Å². The molecule has 2 unspecified atom stereocenters. The number of carbonyl (C=O) groups excluding carboxylic acids is 1. The lowest BCUT2D eigenvalue weighted by molar-refractivity contribution is 0.112. The van der Waals surface area contributed by atoms with Crippen molar-refractivity contribution < 1.29 is 4.79 Å². The molecule has 2 atom stereocenters. The van der Waals surface area contributed by atoms with Crippen LogP contribution in [0.1, 0.15) is 32.6 Å². The second-order valence-corrected chi connectivity index (χ2v) is 11.0. The minimum atomic E-state index is -0.426. The maximum Gasteiger partial charge on any atom is 0.150 e. The van der Waals surface area contributed by atoms with Crippen LogP contribution in [-0.2, 0) is 0 Å². The lowest BCUT2D eigenvalue weighted by Gasteiger charge is -2.11. The first-order chi connectivity index (χ1) is 14.8. The number of rotatable bonds is 5. The monoisotopic (exact) mass is 426 g/mol. The molecule has 30 heavy (non-hydrogen) atoms. The van der Waals surface area contributed by atoms with E-state index in [4.69, 9.17) is 0 Å². The van der Waals surface area contributed by atoms with E-state index in [1.807, 2.05) is 12.1 Å². The van der Waals surface area contributed by atoms with Crippen molar-refractivity contribution in [2.45, 2.75) is 9.79 Å². The van der Waals surface area contributed by atoms with E-state index in [0.717, 1.165) is 17.4 Å². The van der Waals surface area contributed by atoms with E-state index >= 15 is 0 Å². The number of aldehydes is 1. The Morgan fingerprint density at radius 2 is 1.07 bits per heavy atom. The van der Waals surface area contributed by atoms with Crippen LogP contribution in [0.4, 0.5) is 0 Å². The number of hydrogen-bond donors (Lipinski definition) is 2. The van der Waals surface area contributed by atoms with Crippen molar-refractivity contribution in [3.63, 3.8) is 0 Å². The lowest BCUT2D eigenvalue weighted by Crippen LogP contribution is -1.85. The third kappa shape index (κ3) is 3.87. The summed E-state index contributed by atoms with van der Waals surface area (Å²) in [7, 11) is -0.852. The maximum atomic E-state index is 11.5. The first-order valence-electron chi connectivity index (χ1n) is 9.88. The Bertz CT molecular complexity index is 1140. The van der Waals surface area contributed by atoms with Gasteiger partial charge in [0.2, 0.25) is 0 Å². The van der Waals surface area contributed by atoms with Crippen LogP contribution in [0.5, 0.6) is 0 Å². The summed E-state index contributed by atoms with van der Waals surface area (Å²) in [4.78, 5) is 14.3. The van der Waals surface area contributed by atoms with Crippen LogP contribution in [0.25, 0.3) is 24.3 Å². The number of carbonyl (C=O) groups is 1. The summed E-state index contributed by atoms with van der Waals surface area (Å²) in [5.74, 6) is 0. The number of thiol groups is 2. The Kier molecular flexibility index (Phi) is 5.31. The van der Waals surface area contributed by atoms with E-state index < -0.39 is 21.8 Å². The van der Waals surface area contributed by atoms with Crippen LogP contribution >= 0.6 is 21.8 Å². The highest BCUT2D eigenvalue weighted by molar-refractivity contribution is 8.23. The highest BCUT2D eigenvalue weighted by Gasteiger charge is 2.11. The normalized spacial score (nSPS) is 21.3. The van der Waals surface area contributed by atoms with Gasteiger partial charge < -0.3 is 0 Å². The Labute approximate surface area is 182 Å². The molecule has 2 heterocycles. The van der Waals surface area contributed by atoms with Gasteiger partial charge in [-0.05, 0) is 98.5 Å². The van der Waals surface area contributed by atoms with Crippen molar-refractivity contribution in [1.82, 2.24) is 0 Å². The summed E-state index contributed by atoms with van der Waals surface area (Å²) in [5.41, 5.74) is 5.46. The molecule has 1 nitrogen and oxygen atoms in total. The maximum absolute atomic E-state index is 11.5. The lowest BCUT2D eigenvalue weighted by atomic mass is 10.1. The zero-order valence-electron chi connectivity index (χ0n) is 16.3. The summed E-state index contributed by atoms with van der Waals surface area (Å²) in [5, 5.41) is 9.12. The van der Waals surface area contributed by atoms with Gasteiger partial charge in [0.1, 0.15) is 6.29 Å². The van der Waals surface area contributed by atoms with Gasteiger partial charge in [0.05, 0.1) is 0 Å². The van der Waals surface area contributed by atoms with Gasteiger partial charge in [0.25, 0.3) is 0 Å². The predicted molar refractivity (Wildman–Crippen MR) is 135 cm³/mol. The SMILES string of the molecule is O=Cc1cc(C=C[SH]2C=Cc3ccccc32)cc(C=C[SH]2C=Cc3ccccc32)c1. The smallest absolute Gasteiger partial charge is 0.150 e. The van der Waals surface area contributed by atoms with E-state index in [2.05, 4.69) is 101 Å². The highest BCUT2D eigenvalue weighted by Crippen LogP contribution is 2.48. The van der Waals surface area contributed by atoms with Crippen molar-refractivity contribution in [2.75, 3.05) is 0 Å². The second-order valence-electron chi connectivity index (χ2n) is 7.25. The zero-order chi connectivity index (χ0) is 20.3. The first kappa shape index (κ1) is 19.0. The number of hydrogen-bond acceptors (Lipinski definition) is 1. The molecule has 0 saturated heterocycles. The van der Waals surface area contributed by atoms with Gasteiger partial charge in [-0.25, -0.2) is 0 Å².